The lowest BCUT2D eigenvalue weighted by atomic mass is 10.3. The first-order valence-corrected chi connectivity index (χ1v) is 6.62. The van der Waals surface area contributed by atoms with Gasteiger partial charge in [-0.25, -0.2) is 23.2 Å². The van der Waals surface area contributed by atoms with Gasteiger partial charge in [-0.2, -0.15) is 0 Å². The lowest BCUT2D eigenvalue weighted by molar-refractivity contribution is -2.00. The lowest BCUT2D eigenvalue weighted by Gasteiger charge is -2.17. The molecule has 0 bridgehead atoms. The SMILES string of the molecule is Cc1cc(C)[n+]2c(n1)SCC2.[O-][Cl+3]([O-])([O-])[O-]. The second-order valence-corrected chi connectivity index (χ2v) is 5.02. The number of nitrogens with zero attached hydrogens (tertiary/aromatic N) is 2. The van der Waals surface area contributed by atoms with Crippen molar-refractivity contribution in [2.24, 2.45) is 0 Å². The summed E-state index contributed by atoms with van der Waals surface area (Å²) in [6, 6.07) is 2.13. The maximum absolute atomic E-state index is 8.49. The van der Waals surface area contributed by atoms with Gasteiger partial charge < -0.3 is 0 Å². The Kier molecular flexibility index (Phi) is 4.48. The number of aryl methyl sites for hydroxylation is 2. The fraction of sp³-hybridized carbons (Fsp3) is 0.500. The molecule has 0 aliphatic carbocycles. The molecule has 0 atom stereocenters. The summed E-state index contributed by atoms with van der Waals surface area (Å²) in [6.07, 6.45) is 0. The smallest absolute Gasteiger partial charge is 0.222 e. The van der Waals surface area contributed by atoms with Crippen molar-refractivity contribution in [3.05, 3.63) is 17.5 Å². The highest BCUT2D eigenvalue weighted by atomic mass is 35.7. The van der Waals surface area contributed by atoms with Crippen LogP contribution in [0.4, 0.5) is 0 Å². The van der Waals surface area contributed by atoms with Crippen molar-refractivity contribution in [2.75, 3.05) is 5.75 Å². The van der Waals surface area contributed by atoms with E-state index >= 15 is 0 Å². The van der Waals surface area contributed by atoms with E-state index in [4.69, 9.17) is 18.6 Å². The second-order valence-electron chi connectivity index (χ2n) is 3.20. The van der Waals surface area contributed by atoms with Crippen molar-refractivity contribution in [1.29, 1.82) is 0 Å². The molecule has 2 rings (SSSR count). The Morgan fingerprint density at radius 1 is 1.31 bits per heavy atom. The number of fused-ring (bicyclic) bond motifs is 1. The van der Waals surface area contributed by atoms with Gasteiger partial charge in [0.15, 0.2) is 5.69 Å². The Labute approximate surface area is 99.3 Å². The van der Waals surface area contributed by atoms with E-state index in [0.29, 0.717) is 0 Å². The van der Waals surface area contributed by atoms with Gasteiger partial charge in [0.05, 0.1) is 0 Å². The van der Waals surface area contributed by atoms with Crippen LogP contribution in [0.25, 0.3) is 0 Å². The number of hydrogen-bond acceptors (Lipinski definition) is 6. The fourth-order valence-corrected chi connectivity index (χ4v) is 2.44. The highest BCUT2D eigenvalue weighted by Crippen LogP contribution is 2.17. The first kappa shape index (κ1) is 13.6. The molecule has 0 fully saturated rings. The molecule has 1 aromatic rings. The van der Waals surface area contributed by atoms with Gasteiger partial charge >= 0.3 is 5.16 Å². The molecule has 1 aliphatic rings. The second kappa shape index (κ2) is 5.26. The fourth-order valence-electron chi connectivity index (χ4n) is 1.38. The Morgan fingerprint density at radius 3 is 2.44 bits per heavy atom. The zero-order chi connectivity index (χ0) is 12.3. The van der Waals surface area contributed by atoms with Gasteiger partial charge in [0.1, 0.15) is 12.2 Å². The van der Waals surface area contributed by atoms with Crippen LogP contribution in [-0.2, 0) is 6.54 Å². The summed E-state index contributed by atoms with van der Waals surface area (Å²) < 4.78 is 36.2. The molecule has 1 aliphatic heterocycles. The van der Waals surface area contributed by atoms with E-state index in [1.54, 1.807) is 0 Å². The van der Waals surface area contributed by atoms with Gasteiger partial charge in [0.25, 0.3) is 0 Å². The van der Waals surface area contributed by atoms with E-state index < -0.39 is 10.2 Å². The van der Waals surface area contributed by atoms with E-state index in [2.05, 4.69) is 22.5 Å². The Balaban J connectivity index is 0.000000221. The molecular weight excluding hydrogens is 256 g/mol. The minimum atomic E-state index is -4.94. The summed E-state index contributed by atoms with van der Waals surface area (Å²) in [6.45, 7) is 5.32. The molecule has 0 unspecified atom stereocenters. The Bertz CT molecular complexity index is 377. The quantitative estimate of drug-likeness (QED) is 0.354. The highest BCUT2D eigenvalue weighted by Gasteiger charge is 2.22. The molecule has 0 saturated heterocycles. The topological polar surface area (TPSA) is 109 Å². The van der Waals surface area contributed by atoms with E-state index in [1.165, 1.54) is 16.6 Å². The lowest BCUT2D eigenvalue weighted by Crippen LogP contribution is -2.68. The maximum atomic E-state index is 8.49. The first-order valence-electron chi connectivity index (χ1n) is 4.40. The van der Waals surface area contributed by atoms with Crippen molar-refractivity contribution in [1.82, 2.24) is 4.98 Å². The minimum absolute atomic E-state index is 1.12. The van der Waals surface area contributed by atoms with Crippen molar-refractivity contribution in [2.45, 2.75) is 25.5 Å². The third kappa shape index (κ3) is 4.60. The summed E-state index contributed by atoms with van der Waals surface area (Å²) in [7, 11) is -4.94. The van der Waals surface area contributed by atoms with Crippen LogP contribution in [0.15, 0.2) is 11.2 Å². The van der Waals surface area contributed by atoms with Crippen LogP contribution in [-0.4, -0.2) is 10.7 Å². The van der Waals surface area contributed by atoms with Gasteiger partial charge in [-0.3, -0.25) is 0 Å². The van der Waals surface area contributed by atoms with Crippen LogP contribution in [0.2, 0.25) is 0 Å². The van der Waals surface area contributed by atoms with Crippen LogP contribution < -0.4 is 23.2 Å². The van der Waals surface area contributed by atoms with Gasteiger partial charge in [-0.15, -0.1) is 10.2 Å². The van der Waals surface area contributed by atoms with Crippen LogP contribution >= 0.6 is 11.8 Å². The third-order valence-electron chi connectivity index (χ3n) is 1.89. The Hall–Kier alpha value is -0.440. The summed E-state index contributed by atoms with van der Waals surface area (Å²) in [5.74, 6) is 1.18. The zero-order valence-corrected chi connectivity index (χ0v) is 10.4. The molecule has 6 nitrogen and oxygen atoms in total. The molecule has 0 spiro atoms. The van der Waals surface area contributed by atoms with Crippen LogP contribution in [0, 0.1) is 24.1 Å². The molecule has 0 radical (unpaired) electrons. The average Bonchev–Trinajstić information content (AvgIpc) is 2.47. The molecule has 0 aromatic carbocycles. The number of aromatic nitrogens is 2. The van der Waals surface area contributed by atoms with Gasteiger partial charge in [0, 0.05) is 18.7 Å². The van der Waals surface area contributed by atoms with Crippen LogP contribution in [0.1, 0.15) is 11.4 Å². The van der Waals surface area contributed by atoms with Gasteiger partial charge in [0.2, 0.25) is 0 Å². The molecular formula is C8H11ClN2O4S. The molecule has 1 aromatic heterocycles. The molecule has 2 heterocycles. The number of hydrogen-bond donors (Lipinski definition) is 0. The van der Waals surface area contributed by atoms with Crippen molar-refractivity contribution in [3.8, 4) is 0 Å². The number of rotatable bonds is 0. The predicted molar refractivity (Wildman–Crippen MR) is 44.6 cm³/mol. The van der Waals surface area contributed by atoms with E-state index in [-0.39, 0.29) is 0 Å². The monoisotopic (exact) mass is 266 g/mol. The summed E-state index contributed by atoms with van der Waals surface area (Å²) in [5, 5.41) is 1.18. The minimum Gasteiger partial charge on any atom is -0.222 e. The number of halogens is 1. The third-order valence-corrected chi connectivity index (χ3v) is 2.85. The molecule has 8 heteroatoms. The first-order chi connectivity index (χ1) is 7.27. The Morgan fingerprint density at radius 2 is 1.88 bits per heavy atom. The zero-order valence-electron chi connectivity index (χ0n) is 8.81. The largest absolute Gasteiger partial charge is 0.359 e. The van der Waals surface area contributed by atoms with Crippen molar-refractivity contribution in [3.63, 3.8) is 0 Å². The normalized spacial score (nSPS) is 14.1. The molecule has 90 valence electrons. The van der Waals surface area contributed by atoms with Crippen molar-refractivity contribution >= 4 is 11.8 Å². The van der Waals surface area contributed by atoms with Gasteiger partial charge in [-0.05, 0) is 23.7 Å². The highest BCUT2D eigenvalue weighted by molar-refractivity contribution is 7.99. The number of thioether (sulfide) groups is 1. The van der Waals surface area contributed by atoms with Crippen molar-refractivity contribution < 1.29 is 33.4 Å². The van der Waals surface area contributed by atoms with Crippen LogP contribution in [0.5, 0.6) is 0 Å². The summed E-state index contributed by atoms with van der Waals surface area (Å²) in [4.78, 5) is 4.44. The van der Waals surface area contributed by atoms with E-state index in [1.807, 2.05) is 18.7 Å². The van der Waals surface area contributed by atoms with E-state index in [9.17, 15) is 0 Å². The average molecular weight is 267 g/mol. The summed E-state index contributed by atoms with van der Waals surface area (Å²) >= 11 is 1.85. The van der Waals surface area contributed by atoms with Crippen LogP contribution in [0.3, 0.4) is 0 Å². The maximum Gasteiger partial charge on any atom is 0.359 e. The predicted octanol–water partition coefficient (Wildman–Crippen LogP) is -3.66. The van der Waals surface area contributed by atoms with Gasteiger partial charge in [-0.1, -0.05) is 0 Å². The molecule has 0 amide bonds. The molecule has 0 N–H and O–H groups in total. The van der Waals surface area contributed by atoms with E-state index in [0.717, 1.165) is 12.2 Å². The molecule has 0 saturated carbocycles. The summed E-state index contributed by atoms with van der Waals surface area (Å²) in [5.41, 5.74) is 2.46. The standard InChI is InChI=1S/C8H11N2S.ClHO4/c1-6-5-7(2)10-3-4-11-8(10)9-6;2-1(3,4)5/h5H,3-4H2,1-2H3;(H,2,3,4,5)/q+1;/p-1. The molecule has 16 heavy (non-hydrogen) atoms.